The number of aryl methyl sites for hydroxylation is 1. The minimum absolute atomic E-state index is 0.360. The Balaban J connectivity index is 2.70. The number of ether oxygens (including phenoxy) is 1. The van der Waals surface area contributed by atoms with E-state index in [2.05, 4.69) is 57.3 Å². The fraction of sp³-hybridized carbons (Fsp3) is 0.600. The Kier molecular flexibility index (Phi) is 5.66. The number of benzene rings is 1. The van der Waals surface area contributed by atoms with Crippen LogP contribution in [0.4, 0.5) is 0 Å². The summed E-state index contributed by atoms with van der Waals surface area (Å²) in [4.78, 5) is 0. The Hall–Kier alpha value is -0.860. The zero-order valence-corrected chi connectivity index (χ0v) is 11.7. The minimum Gasteiger partial charge on any atom is -0.383 e. The number of rotatable bonds is 6. The molecule has 0 aliphatic heterocycles. The quantitative estimate of drug-likeness (QED) is 0.816. The molecule has 0 saturated carbocycles. The summed E-state index contributed by atoms with van der Waals surface area (Å²) < 4.78 is 5.27. The van der Waals surface area contributed by atoms with Gasteiger partial charge < -0.3 is 10.1 Å². The second-order valence-electron chi connectivity index (χ2n) is 5.05. The Bertz CT molecular complexity index is 335. The van der Waals surface area contributed by atoms with Crippen LogP contribution in [0.15, 0.2) is 24.3 Å². The van der Waals surface area contributed by atoms with Gasteiger partial charge in [0.25, 0.3) is 0 Å². The van der Waals surface area contributed by atoms with Gasteiger partial charge in [-0.2, -0.15) is 0 Å². The fourth-order valence-electron chi connectivity index (χ4n) is 2.10. The van der Waals surface area contributed by atoms with Crippen molar-refractivity contribution in [2.75, 3.05) is 13.7 Å². The van der Waals surface area contributed by atoms with Crippen molar-refractivity contribution in [1.29, 1.82) is 0 Å². The summed E-state index contributed by atoms with van der Waals surface area (Å²) in [6, 6.07) is 9.29. The van der Waals surface area contributed by atoms with Crippen molar-refractivity contribution in [3.63, 3.8) is 0 Å². The standard InChI is InChI=1S/C15H25NO/c1-11(2)15(10-17-5)16-13(4)14-9-7-6-8-12(14)3/h6-9,11,13,15-16H,10H2,1-5H3/t13-,15?/m1/s1. The summed E-state index contributed by atoms with van der Waals surface area (Å²) >= 11 is 0. The van der Waals surface area contributed by atoms with Gasteiger partial charge in [-0.3, -0.25) is 0 Å². The van der Waals surface area contributed by atoms with E-state index in [0.29, 0.717) is 18.0 Å². The van der Waals surface area contributed by atoms with Gasteiger partial charge in [0, 0.05) is 19.2 Å². The summed E-state index contributed by atoms with van der Waals surface area (Å²) in [5.74, 6) is 0.571. The third-order valence-electron chi connectivity index (χ3n) is 3.27. The summed E-state index contributed by atoms with van der Waals surface area (Å²) in [5.41, 5.74) is 2.71. The SMILES string of the molecule is COCC(N[C@H](C)c1ccccc1C)C(C)C. The lowest BCUT2D eigenvalue weighted by atomic mass is 9.99. The van der Waals surface area contributed by atoms with Crippen molar-refractivity contribution in [1.82, 2.24) is 5.32 Å². The minimum atomic E-state index is 0.360. The van der Waals surface area contributed by atoms with Gasteiger partial charge in [0.2, 0.25) is 0 Å². The molecule has 0 radical (unpaired) electrons. The van der Waals surface area contributed by atoms with Crippen LogP contribution in [0.25, 0.3) is 0 Å². The normalized spacial score (nSPS) is 14.9. The Labute approximate surface area is 105 Å². The molecule has 0 heterocycles. The van der Waals surface area contributed by atoms with Crippen molar-refractivity contribution < 1.29 is 4.74 Å². The van der Waals surface area contributed by atoms with Crippen LogP contribution in [-0.4, -0.2) is 19.8 Å². The van der Waals surface area contributed by atoms with Crippen LogP contribution in [0.3, 0.4) is 0 Å². The predicted octanol–water partition coefficient (Wildman–Crippen LogP) is 3.32. The third kappa shape index (κ3) is 4.14. The fourth-order valence-corrected chi connectivity index (χ4v) is 2.10. The lowest BCUT2D eigenvalue weighted by Crippen LogP contribution is -2.39. The first-order valence-corrected chi connectivity index (χ1v) is 6.36. The summed E-state index contributed by atoms with van der Waals surface area (Å²) in [6.07, 6.45) is 0. The van der Waals surface area contributed by atoms with E-state index in [-0.39, 0.29) is 0 Å². The molecule has 17 heavy (non-hydrogen) atoms. The van der Waals surface area contributed by atoms with Crippen LogP contribution in [0, 0.1) is 12.8 Å². The smallest absolute Gasteiger partial charge is 0.0618 e. The molecular formula is C15H25NO. The third-order valence-corrected chi connectivity index (χ3v) is 3.27. The van der Waals surface area contributed by atoms with Crippen LogP contribution in [0.5, 0.6) is 0 Å². The van der Waals surface area contributed by atoms with Gasteiger partial charge in [-0.25, -0.2) is 0 Å². The summed E-state index contributed by atoms with van der Waals surface area (Å²) in [5, 5.41) is 3.65. The lowest BCUT2D eigenvalue weighted by molar-refractivity contribution is 0.141. The number of hydrogen-bond donors (Lipinski definition) is 1. The van der Waals surface area contributed by atoms with E-state index in [1.807, 2.05) is 0 Å². The first-order valence-electron chi connectivity index (χ1n) is 6.36. The highest BCUT2D eigenvalue weighted by Crippen LogP contribution is 2.18. The Morgan fingerprint density at radius 3 is 2.35 bits per heavy atom. The second-order valence-corrected chi connectivity index (χ2v) is 5.05. The van der Waals surface area contributed by atoms with E-state index < -0.39 is 0 Å². The molecule has 2 atom stereocenters. The number of methoxy groups -OCH3 is 1. The Morgan fingerprint density at radius 1 is 1.18 bits per heavy atom. The molecule has 2 heteroatoms. The largest absolute Gasteiger partial charge is 0.383 e. The van der Waals surface area contributed by atoms with E-state index in [9.17, 15) is 0 Å². The van der Waals surface area contributed by atoms with Crippen LogP contribution in [0.1, 0.15) is 37.9 Å². The van der Waals surface area contributed by atoms with Crippen molar-refractivity contribution in [3.8, 4) is 0 Å². The highest BCUT2D eigenvalue weighted by Gasteiger charge is 2.17. The predicted molar refractivity (Wildman–Crippen MR) is 73.2 cm³/mol. The van der Waals surface area contributed by atoms with Gasteiger partial charge in [-0.05, 0) is 30.9 Å². The first kappa shape index (κ1) is 14.2. The number of nitrogens with one attached hydrogen (secondary N) is 1. The molecule has 0 amide bonds. The molecule has 1 unspecified atom stereocenters. The van der Waals surface area contributed by atoms with Crippen molar-refractivity contribution >= 4 is 0 Å². The maximum absolute atomic E-state index is 5.27. The topological polar surface area (TPSA) is 21.3 Å². The van der Waals surface area contributed by atoms with Crippen molar-refractivity contribution in [2.24, 2.45) is 5.92 Å². The molecular weight excluding hydrogens is 210 g/mol. The molecule has 0 fully saturated rings. The zero-order valence-electron chi connectivity index (χ0n) is 11.7. The van der Waals surface area contributed by atoms with Crippen LogP contribution < -0.4 is 5.32 Å². The molecule has 1 aromatic rings. The van der Waals surface area contributed by atoms with E-state index >= 15 is 0 Å². The molecule has 1 aromatic carbocycles. The van der Waals surface area contributed by atoms with Gasteiger partial charge in [0.05, 0.1) is 6.61 Å². The molecule has 0 spiro atoms. The first-order chi connectivity index (χ1) is 8.06. The zero-order chi connectivity index (χ0) is 12.8. The highest BCUT2D eigenvalue weighted by molar-refractivity contribution is 5.28. The van der Waals surface area contributed by atoms with E-state index in [4.69, 9.17) is 4.74 Å². The monoisotopic (exact) mass is 235 g/mol. The van der Waals surface area contributed by atoms with Gasteiger partial charge in [-0.1, -0.05) is 38.1 Å². The van der Waals surface area contributed by atoms with E-state index in [1.165, 1.54) is 11.1 Å². The van der Waals surface area contributed by atoms with Gasteiger partial charge in [-0.15, -0.1) is 0 Å². The maximum atomic E-state index is 5.27. The molecule has 0 aliphatic rings. The molecule has 1 rings (SSSR count). The average molecular weight is 235 g/mol. The van der Waals surface area contributed by atoms with Gasteiger partial charge in [0.15, 0.2) is 0 Å². The van der Waals surface area contributed by atoms with Crippen LogP contribution >= 0.6 is 0 Å². The molecule has 0 saturated heterocycles. The molecule has 2 nitrogen and oxygen atoms in total. The molecule has 0 aromatic heterocycles. The molecule has 96 valence electrons. The van der Waals surface area contributed by atoms with Crippen LogP contribution in [-0.2, 0) is 4.74 Å². The average Bonchev–Trinajstić information content (AvgIpc) is 2.28. The maximum Gasteiger partial charge on any atom is 0.0618 e. The Morgan fingerprint density at radius 2 is 1.82 bits per heavy atom. The van der Waals surface area contributed by atoms with Crippen molar-refractivity contribution in [3.05, 3.63) is 35.4 Å². The van der Waals surface area contributed by atoms with E-state index in [1.54, 1.807) is 7.11 Å². The van der Waals surface area contributed by atoms with Crippen molar-refractivity contribution in [2.45, 2.75) is 39.8 Å². The summed E-state index contributed by atoms with van der Waals surface area (Å²) in [7, 11) is 1.76. The summed E-state index contributed by atoms with van der Waals surface area (Å²) in [6.45, 7) is 9.58. The lowest BCUT2D eigenvalue weighted by Gasteiger charge is -2.27. The van der Waals surface area contributed by atoms with Gasteiger partial charge in [0.1, 0.15) is 0 Å². The van der Waals surface area contributed by atoms with Gasteiger partial charge >= 0.3 is 0 Å². The molecule has 1 N–H and O–H groups in total. The highest BCUT2D eigenvalue weighted by atomic mass is 16.5. The van der Waals surface area contributed by atoms with E-state index in [0.717, 1.165) is 6.61 Å². The molecule has 0 bridgehead atoms. The molecule has 0 aliphatic carbocycles. The second kappa shape index (κ2) is 6.77. The number of hydrogen-bond acceptors (Lipinski definition) is 2. The van der Waals surface area contributed by atoms with Crippen LogP contribution in [0.2, 0.25) is 0 Å².